The Labute approximate surface area is 137 Å². The predicted molar refractivity (Wildman–Crippen MR) is 88.3 cm³/mol. The number of hydrogen-bond donors (Lipinski definition) is 3. The van der Waals surface area contributed by atoms with Crippen molar-refractivity contribution in [2.45, 2.75) is 18.6 Å². The van der Waals surface area contributed by atoms with Gasteiger partial charge in [-0.2, -0.15) is 5.10 Å². The fourth-order valence-electron chi connectivity index (χ4n) is 2.94. The lowest BCUT2D eigenvalue weighted by Gasteiger charge is -2.16. The summed E-state index contributed by atoms with van der Waals surface area (Å²) in [4.78, 5) is 14.0. The Kier molecular flexibility index (Phi) is 3.48. The molecular formula is C17H15N3O2S. The number of aromatic amines is 1. The van der Waals surface area contributed by atoms with Gasteiger partial charge in [-0.05, 0) is 35.7 Å². The molecule has 2 aromatic heterocycles. The van der Waals surface area contributed by atoms with Crippen LogP contribution in [-0.2, 0) is 6.42 Å². The van der Waals surface area contributed by atoms with Crippen molar-refractivity contribution in [2.24, 2.45) is 0 Å². The lowest BCUT2D eigenvalue weighted by Crippen LogP contribution is -2.37. The summed E-state index contributed by atoms with van der Waals surface area (Å²) in [6.07, 6.45) is 1.69. The van der Waals surface area contributed by atoms with Gasteiger partial charge in [0.25, 0.3) is 5.91 Å². The average Bonchev–Trinajstić information content (AvgIpc) is 3.28. The van der Waals surface area contributed by atoms with Crippen molar-refractivity contribution in [1.82, 2.24) is 15.5 Å². The normalized spacial score (nSPS) is 19.5. The number of aliphatic hydroxyl groups is 1. The van der Waals surface area contributed by atoms with E-state index in [1.807, 2.05) is 36.4 Å². The van der Waals surface area contributed by atoms with Crippen molar-refractivity contribution in [3.63, 3.8) is 0 Å². The molecule has 0 unspecified atom stereocenters. The van der Waals surface area contributed by atoms with Crippen LogP contribution < -0.4 is 5.32 Å². The van der Waals surface area contributed by atoms with Crippen LogP contribution in [0.2, 0.25) is 0 Å². The van der Waals surface area contributed by atoms with Gasteiger partial charge in [0.15, 0.2) is 0 Å². The SMILES string of the molecule is O=C(N[C@@H]1Cc2ccccc2[C@@H]1O)c1ccc(-c2ccn[nH]2)s1. The summed E-state index contributed by atoms with van der Waals surface area (Å²) in [6, 6.07) is 13.0. The molecule has 2 atom stereocenters. The van der Waals surface area contributed by atoms with Gasteiger partial charge in [0.2, 0.25) is 0 Å². The van der Waals surface area contributed by atoms with Crippen LogP contribution in [-0.4, -0.2) is 27.3 Å². The van der Waals surface area contributed by atoms with E-state index in [4.69, 9.17) is 0 Å². The molecule has 1 amide bonds. The summed E-state index contributed by atoms with van der Waals surface area (Å²) in [7, 11) is 0. The number of nitrogens with one attached hydrogen (secondary N) is 2. The third-order valence-corrected chi connectivity index (χ3v) is 5.22. The van der Waals surface area contributed by atoms with Crippen molar-refractivity contribution in [2.75, 3.05) is 0 Å². The summed E-state index contributed by atoms with van der Waals surface area (Å²) in [6.45, 7) is 0. The van der Waals surface area contributed by atoms with Gasteiger partial charge in [0.05, 0.1) is 27.6 Å². The number of aliphatic hydroxyl groups excluding tert-OH is 1. The Morgan fingerprint density at radius 3 is 2.91 bits per heavy atom. The number of hydrogen-bond acceptors (Lipinski definition) is 4. The number of H-pyrrole nitrogens is 1. The van der Waals surface area contributed by atoms with E-state index in [0.717, 1.165) is 21.7 Å². The zero-order valence-corrected chi connectivity index (χ0v) is 13.0. The standard InChI is InChI=1S/C17H15N3O2S/c21-16-11-4-2-1-3-10(11)9-13(16)19-17(22)15-6-5-14(23-15)12-7-8-18-20-12/h1-8,13,16,21H,9H2,(H,18,20)(H,19,22)/t13-,16+/m1/s1. The van der Waals surface area contributed by atoms with E-state index < -0.39 is 6.10 Å². The highest BCUT2D eigenvalue weighted by molar-refractivity contribution is 7.17. The van der Waals surface area contributed by atoms with E-state index >= 15 is 0 Å². The molecule has 1 aromatic carbocycles. The highest BCUT2D eigenvalue weighted by Crippen LogP contribution is 2.32. The molecule has 0 fully saturated rings. The van der Waals surface area contributed by atoms with Gasteiger partial charge < -0.3 is 10.4 Å². The first kappa shape index (κ1) is 14.2. The fraction of sp³-hybridized carbons (Fsp3) is 0.176. The number of carbonyl (C=O) groups excluding carboxylic acids is 1. The number of thiophene rings is 1. The molecule has 116 valence electrons. The number of amides is 1. The number of nitrogens with zero attached hydrogens (tertiary/aromatic N) is 1. The van der Waals surface area contributed by atoms with Gasteiger partial charge >= 0.3 is 0 Å². The van der Waals surface area contributed by atoms with Crippen molar-refractivity contribution >= 4 is 17.2 Å². The third-order valence-electron chi connectivity index (χ3n) is 4.11. The second kappa shape index (κ2) is 5.64. The molecule has 0 aliphatic heterocycles. The Morgan fingerprint density at radius 2 is 2.13 bits per heavy atom. The molecule has 0 spiro atoms. The first-order chi connectivity index (χ1) is 11.2. The fourth-order valence-corrected chi connectivity index (χ4v) is 3.83. The molecule has 2 heterocycles. The van der Waals surface area contributed by atoms with Crippen LogP contribution in [0.5, 0.6) is 0 Å². The summed E-state index contributed by atoms with van der Waals surface area (Å²) >= 11 is 1.40. The number of benzene rings is 1. The predicted octanol–water partition coefficient (Wildman–Crippen LogP) is 2.53. The van der Waals surface area contributed by atoms with Crippen LogP contribution in [0.4, 0.5) is 0 Å². The largest absolute Gasteiger partial charge is 0.386 e. The molecule has 3 N–H and O–H groups in total. The molecule has 0 radical (unpaired) electrons. The van der Waals surface area contributed by atoms with Crippen LogP contribution in [0, 0.1) is 0 Å². The number of aromatic nitrogens is 2. The van der Waals surface area contributed by atoms with E-state index in [2.05, 4.69) is 15.5 Å². The smallest absolute Gasteiger partial charge is 0.261 e. The van der Waals surface area contributed by atoms with E-state index in [9.17, 15) is 9.90 Å². The highest BCUT2D eigenvalue weighted by Gasteiger charge is 2.32. The second-order valence-electron chi connectivity index (χ2n) is 5.56. The zero-order chi connectivity index (χ0) is 15.8. The van der Waals surface area contributed by atoms with Gasteiger partial charge in [-0.3, -0.25) is 9.89 Å². The van der Waals surface area contributed by atoms with Crippen molar-refractivity contribution in [1.29, 1.82) is 0 Å². The molecule has 23 heavy (non-hydrogen) atoms. The monoisotopic (exact) mass is 325 g/mol. The van der Waals surface area contributed by atoms with E-state index in [-0.39, 0.29) is 11.9 Å². The summed E-state index contributed by atoms with van der Waals surface area (Å²) in [5, 5.41) is 20.1. The molecule has 5 nitrogen and oxygen atoms in total. The van der Waals surface area contributed by atoms with E-state index in [1.54, 1.807) is 12.3 Å². The average molecular weight is 325 g/mol. The first-order valence-corrected chi connectivity index (χ1v) is 8.20. The van der Waals surface area contributed by atoms with Crippen LogP contribution in [0.15, 0.2) is 48.7 Å². The highest BCUT2D eigenvalue weighted by atomic mass is 32.1. The minimum absolute atomic E-state index is 0.155. The zero-order valence-electron chi connectivity index (χ0n) is 12.2. The second-order valence-corrected chi connectivity index (χ2v) is 6.65. The molecule has 3 aromatic rings. The van der Waals surface area contributed by atoms with Gasteiger partial charge in [0, 0.05) is 6.20 Å². The molecule has 0 bridgehead atoms. The Hall–Kier alpha value is -2.44. The van der Waals surface area contributed by atoms with Crippen molar-refractivity contribution in [3.8, 4) is 10.6 Å². The van der Waals surface area contributed by atoms with Crippen molar-refractivity contribution in [3.05, 3.63) is 64.7 Å². The molecular weight excluding hydrogens is 310 g/mol. The van der Waals surface area contributed by atoms with Crippen LogP contribution in [0.1, 0.15) is 26.9 Å². The Bertz CT molecular complexity index is 841. The lowest BCUT2D eigenvalue weighted by atomic mass is 10.1. The molecule has 0 saturated carbocycles. The van der Waals surface area contributed by atoms with E-state index in [0.29, 0.717) is 11.3 Å². The van der Waals surface area contributed by atoms with Gasteiger partial charge in [-0.1, -0.05) is 24.3 Å². The number of carbonyl (C=O) groups is 1. The van der Waals surface area contributed by atoms with E-state index in [1.165, 1.54) is 11.3 Å². The van der Waals surface area contributed by atoms with Gasteiger partial charge in [0.1, 0.15) is 0 Å². The van der Waals surface area contributed by atoms with Crippen LogP contribution in [0.3, 0.4) is 0 Å². The topological polar surface area (TPSA) is 78.0 Å². The minimum Gasteiger partial charge on any atom is -0.386 e. The quantitative estimate of drug-likeness (QED) is 0.692. The van der Waals surface area contributed by atoms with Crippen LogP contribution >= 0.6 is 11.3 Å². The number of rotatable bonds is 3. The molecule has 1 aliphatic rings. The molecule has 0 saturated heterocycles. The Balaban J connectivity index is 1.49. The number of fused-ring (bicyclic) bond motifs is 1. The maximum Gasteiger partial charge on any atom is 0.261 e. The summed E-state index contributed by atoms with van der Waals surface area (Å²) in [5.41, 5.74) is 2.89. The summed E-state index contributed by atoms with van der Waals surface area (Å²) in [5.74, 6) is -0.155. The maximum atomic E-state index is 12.4. The molecule has 4 rings (SSSR count). The first-order valence-electron chi connectivity index (χ1n) is 7.38. The lowest BCUT2D eigenvalue weighted by molar-refractivity contribution is 0.0862. The van der Waals surface area contributed by atoms with Crippen molar-refractivity contribution < 1.29 is 9.90 Å². The van der Waals surface area contributed by atoms with Gasteiger partial charge in [-0.25, -0.2) is 0 Å². The molecule has 6 heteroatoms. The minimum atomic E-state index is -0.651. The van der Waals surface area contributed by atoms with Gasteiger partial charge in [-0.15, -0.1) is 11.3 Å². The maximum absolute atomic E-state index is 12.4. The van der Waals surface area contributed by atoms with Crippen LogP contribution in [0.25, 0.3) is 10.6 Å². The summed E-state index contributed by atoms with van der Waals surface area (Å²) < 4.78 is 0. The molecule has 1 aliphatic carbocycles. The third kappa shape index (κ3) is 2.56. The Morgan fingerprint density at radius 1 is 1.26 bits per heavy atom.